The minimum Gasteiger partial charge on any atom is -0.424 e. The van der Waals surface area contributed by atoms with E-state index in [9.17, 15) is 4.89 Å². The average Bonchev–Trinajstić information content (AvgIpc) is 3.06. The molecule has 0 fully saturated rings. The maximum Gasteiger partial charge on any atom is 0.377 e. The van der Waals surface area contributed by atoms with Crippen LogP contribution in [0.1, 0.15) is 6.92 Å². The van der Waals surface area contributed by atoms with Gasteiger partial charge in [0.15, 0.2) is 0 Å². The van der Waals surface area contributed by atoms with E-state index < -0.39 is 6.72 Å². The van der Waals surface area contributed by atoms with Crippen LogP contribution in [0.2, 0.25) is 0 Å². The van der Waals surface area contributed by atoms with Gasteiger partial charge in [0.1, 0.15) is 11.4 Å². The van der Waals surface area contributed by atoms with E-state index in [2.05, 4.69) is 10.3 Å². The molecule has 8 heteroatoms. The Morgan fingerprint density at radius 3 is 2.50 bits per heavy atom. The molecule has 6 nitrogen and oxygen atoms in total. The zero-order chi connectivity index (χ0) is 17.0. The van der Waals surface area contributed by atoms with Crippen LogP contribution in [0, 0.1) is 0 Å². The second kappa shape index (κ2) is 7.23. The smallest absolute Gasteiger partial charge is 0.377 e. The highest BCUT2D eigenvalue weighted by molar-refractivity contribution is 8.07. The third-order valence-electron chi connectivity index (χ3n) is 3.18. The SMILES string of the molecule is CCOP(O)(=S)Oc1ccc(-c2cn(-c3ccccc3)nn2)cc1. The Morgan fingerprint density at radius 2 is 1.83 bits per heavy atom. The molecule has 0 spiro atoms. The van der Waals surface area contributed by atoms with Crippen molar-refractivity contribution >= 4 is 18.5 Å². The van der Waals surface area contributed by atoms with Gasteiger partial charge in [-0.25, -0.2) is 4.68 Å². The normalized spacial score (nSPS) is 13.4. The fourth-order valence-corrected chi connectivity index (χ4v) is 3.45. The molecule has 0 aliphatic heterocycles. The van der Waals surface area contributed by atoms with Crippen LogP contribution < -0.4 is 4.52 Å². The van der Waals surface area contributed by atoms with Crippen LogP contribution in [0.4, 0.5) is 0 Å². The lowest BCUT2D eigenvalue weighted by molar-refractivity contribution is 0.271. The van der Waals surface area contributed by atoms with E-state index in [-0.39, 0.29) is 0 Å². The standard InChI is InChI=1S/C16H16N3O3PS/c1-2-21-23(20,24)22-15-10-8-13(9-11-15)16-12-19(18-17-16)14-6-4-3-5-7-14/h3-12H,2H2,1H3,(H,20,24). The summed E-state index contributed by atoms with van der Waals surface area (Å²) in [6.45, 7) is -1.19. The highest BCUT2D eigenvalue weighted by Crippen LogP contribution is 2.44. The summed E-state index contributed by atoms with van der Waals surface area (Å²) in [6, 6.07) is 16.8. The van der Waals surface area contributed by atoms with Crippen molar-refractivity contribution in [1.82, 2.24) is 15.0 Å². The van der Waals surface area contributed by atoms with Crippen LogP contribution in [0.5, 0.6) is 5.75 Å². The predicted molar refractivity (Wildman–Crippen MR) is 95.6 cm³/mol. The molecule has 0 saturated carbocycles. The largest absolute Gasteiger partial charge is 0.424 e. The minimum atomic E-state index is -3.24. The van der Waals surface area contributed by atoms with E-state index in [1.165, 1.54) is 0 Å². The van der Waals surface area contributed by atoms with Gasteiger partial charge in [0.05, 0.1) is 18.5 Å². The summed E-state index contributed by atoms with van der Waals surface area (Å²) in [7, 11) is 0. The molecule has 0 aliphatic rings. The summed E-state index contributed by atoms with van der Waals surface area (Å²) in [5, 5.41) is 8.31. The Labute approximate surface area is 144 Å². The van der Waals surface area contributed by atoms with Crippen molar-refractivity contribution < 1.29 is 13.9 Å². The fraction of sp³-hybridized carbons (Fsp3) is 0.125. The van der Waals surface area contributed by atoms with Gasteiger partial charge >= 0.3 is 6.72 Å². The average molecular weight is 361 g/mol. The van der Waals surface area contributed by atoms with E-state index in [4.69, 9.17) is 20.9 Å². The molecule has 1 atom stereocenters. The Morgan fingerprint density at radius 1 is 1.12 bits per heavy atom. The summed E-state index contributed by atoms with van der Waals surface area (Å²) < 4.78 is 12.1. The molecular weight excluding hydrogens is 345 g/mol. The van der Waals surface area contributed by atoms with Crippen molar-refractivity contribution in [3.05, 3.63) is 60.8 Å². The van der Waals surface area contributed by atoms with Crippen molar-refractivity contribution in [2.45, 2.75) is 6.92 Å². The van der Waals surface area contributed by atoms with Gasteiger partial charge in [-0.3, -0.25) is 4.52 Å². The second-order valence-electron chi connectivity index (χ2n) is 4.89. The number of aromatic nitrogens is 3. The zero-order valence-corrected chi connectivity index (χ0v) is 14.7. The first-order chi connectivity index (χ1) is 11.6. The molecular formula is C16H16N3O3PS. The van der Waals surface area contributed by atoms with Gasteiger partial charge in [-0.2, -0.15) is 0 Å². The van der Waals surface area contributed by atoms with E-state index >= 15 is 0 Å². The number of hydrogen-bond acceptors (Lipinski definition) is 5. The molecule has 1 N–H and O–H groups in total. The van der Waals surface area contributed by atoms with Crippen LogP contribution in [0.3, 0.4) is 0 Å². The number of nitrogens with zero attached hydrogens (tertiary/aromatic N) is 3. The number of rotatable bonds is 6. The van der Waals surface area contributed by atoms with E-state index in [1.54, 1.807) is 23.7 Å². The number of para-hydroxylation sites is 1. The lowest BCUT2D eigenvalue weighted by atomic mass is 10.2. The summed E-state index contributed by atoms with van der Waals surface area (Å²) in [5.74, 6) is 0.452. The molecule has 0 bridgehead atoms. The van der Waals surface area contributed by atoms with Crippen molar-refractivity contribution in [3.63, 3.8) is 0 Å². The van der Waals surface area contributed by atoms with Gasteiger partial charge < -0.3 is 9.42 Å². The van der Waals surface area contributed by atoms with Crippen LogP contribution in [-0.2, 0) is 16.3 Å². The third-order valence-corrected chi connectivity index (χ3v) is 4.74. The fourth-order valence-electron chi connectivity index (χ4n) is 2.11. The van der Waals surface area contributed by atoms with Crippen molar-refractivity contribution in [1.29, 1.82) is 0 Å². The van der Waals surface area contributed by atoms with Crippen LogP contribution >= 0.6 is 6.72 Å². The van der Waals surface area contributed by atoms with Gasteiger partial charge in [0, 0.05) is 17.4 Å². The van der Waals surface area contributed by atoms with E-state index in [0.29, 0.717) is 12.4 Å². The van der Waals surface area contributed by atoms with Gasteiger partial charge in [0.2, 0.25) is 0 Å². The van der Waals surface area contributed by atoms with E-state index in [0.717, 1.165) is 16.9 Å². The summed E-state index contributed by atoms with van der Waals surface area (Å²) in [5.41, 5.74) is 2.56. The predicted octanol–water partition coefficient (Wildman–Crippen LogP) is 3.57. The molecule has 3 aromatic rings. The highest BCUT2D eigenvalue weighted by atomic mass is 32.5. The second-order valence-corrected chi connectivity index (χ2v) is 7.65. The Bertz CT molecular complexity index is 853. The van der Waals surface area contributed by atoms with Gasteiger partial charge in [-0.05, 0) is 43.3 Å². The van der Waals surface area contributed by atoms with Crippen LogP contribution in [0.15, 0.2) is 60.8 Å². The molecule has 0 saturated heterocycles. The van der Waals surface area contributed by atoms with Crippen molar-refractivity contribution in [2.75, 3.05) is 6.61 Å². The number of benzene rings is 2. The maximum atomic E-state index is 9.84. The Hall–Kier alpha value is -2.05. The molecule has 0 aliphatic carbocycles. The Balaban J connectivity index is 1.77. The van der Waals surface area contributed by atoms with Crippen molar-refractivity contribution in [3.8, 4) is 22.7 Å². The molecule has 124 valence electrons. The lowest BCUT2D eigenvalue weighted by Gasteiger charge is -2.15. The molecule has 24 heavy (non-hydrogen) atoms. The summed E-state index contributed by atoms with van der Waals surface area (Å²) in [6.07, 6.45) is 1.85. The summed E-state index contributed by atoms with van der Waals surface area (Å²) in [4.78, 5) is 9.84. The van der Waals surface area contributed by atoms with Crippen LogP contribution in [-0.4, -0.2) is 26.5 Å². The number of hydrogen-bond donors (Lipinski definition) is 1. The molecule has 1 aromatic heterocycles. The first-order valence-electron chi connectivity index (χ1n) is 7.32. The highest BCUT2D eigenvalue weighted by Gasteiger charge is 2.15. The van der Waals surface area contributed by atoms with E-state index in [1.807, 2.05) is 48.7 Å². The van der Waals surface area contributed by atoms with Crippen LogP contribution in [0.25, 0.3) is 16.9 Å². The lowest BCUT2D eigenvalue weighted by Crippen LogP contribution is -1.96. The molecule has 2 aromatic carbocycles. The van der Waals surface area contributed by atoms with Crippen molar-refractivity contribution in [2.24, 2.45) is 0 Å². The summed E-state index contributed by atoms with van der Waals surface area (Å²) >= 11 is 4.90. The Kier molecular flexibility index (Phi) is 5.06. The van der Waals surface area contributed by atoms with Gasteiger partial charge in [-0.1, -0.05) is 23.4 Å². The first-order valence-corrected chi connectivity index (χ1v) is 9.91. The monoisotopic (exact) mass is 361 g/mol. The minimum absolute atomic E-state index is 0.300. The topological polar surface area (TPSA) is 69.4 Å². The van der Waals surface area contributed by atoms with Gasteiger partial charge in [0.25, 0.3) is 0 Å². The maximum absolute atomic E-state index is 9.84. The molecule has 1 heterocycles. The molecule has 3 rings (SSSR count). The molecule has 0 radical (unpaired) electrons. The van der Waals surface area contributed by atoms with Gasteiger partial charge in [-0.15, -0.1) is 5.10 Å². The first kappa shape index (κ1) is 16.8. The zero-order valence-electron chi connectivity index (χ0n) is 12.9. The molecule has 1 unspecified atom stereocenters. The molecule has 0 amide bonds. The third kappa shape index (κ3) is 4.07. The quantitative estimate of drug-likeness (QED) is 0.677.